The number of urea groups is 1. The number of aromatic nitrogens is 1. The largest absolute Gasteiger partial charge is 0.491 e. The standard InChI is InChI=1S/C19H21N3O4/c1-2-10-26-16-8-7-14(21-17(16)18(23)24)13-6-5-12-4-3-9-22(19(20)25)15(12)11-13/h5-8,11H,2-4,9-10H2,1H3,(H2,20,25)(H,23,24). The fraction of sp³-hybridized carbons (Fsp3) is 0.316. The van der Waals surface area contributed by atoms with Crippen LogP contribution in [0.25, 0.3) is 11.3 Å². The second-order valence-corrected chi connectivity index (χ2v) is 6.13. The van der Waals surface area contributed by atoms with E-state index in [4.69, 9.17) is 10.5 Å². The minimum atomic E-state index is -1.14. The number of nitrogens with two attached hydrogens (primary N) is 1. The van der Waals surface area contributed by atoms with Crippen LogP contribution in [-0.2, 0) is 6.42 Å². The third-order valence-electron chi connectivity index (χ3n) is 4.29. The van der Waals surface area contributed by atoms with Gasteiger partial charge >= 0.3 is 12.0 Å². The summed E-state index contributed by atoms with van der Waals surface area (Å²) in [6.45, 7) is 2.94. The number of carboxylic acid groups (broad SMARTS) is 1. The highest BCUT2D eigenvalue weighted by molar-refractivity contribution is 5.93. The first-order chi connectivity index (χ1) is 12.5. The molecule has 0 fully saturated rings. The number of pyridine rings is 1. The van der Waals surface area contributed by atoms with Crippen LogP contribution in [0.2, 0.25) is 0 Å². The summed E-state index contributed by atoms with van der Waals surface area (Å²) in [5.74, 6) is -0.894. The van der Waals surface area contributed by atoms with Crippen molar-refractivity contribution in [1.82, 2.24) is 4.98 Å². The van der Waals surface area contributed by atoms with Crippen LogP contribution in [0, 0.1) is 0 Å². The summed E-state index contributed by atoms with van der Waals surface area (Å²) in [7, 11) is 0. The number of primary amides is 1. The lowest BCUT2D eigenvalue weighted by molar-refractivity contribution is 0.0685. The van der Waals surface area contributed by atoms with Gasteiger partial charge in [-0.2, -0.15) is 0 Å². The van der Waals surface area contributed by atoms with Crippen LogP contribution in [0.5, 0.6) is 5.75 Å². The second kappa shape index (κ2) is 7.43. The van der Waals surface area contributed by atoms with E-state index < -0.39 is 12.0 Å². The monoisotopic (exact) mass is 355 g/mol. The summed E-state index contributed by atoms with van der Waals surface area (Å²) in [5.41, 5.74) is 8.38. The van der Waals surface area contributed by atoms with Gasteiger partial charge in [0.1, 0.15) is 0 Å². The van der Waals surface area contributed by atoms with Crippen molar-refractivity contribution in [3.8, 4) is 17.0 Å². The van der Waals surface area contributed by atoms with Crippen molar-refractivity contribution in [3.63, 3.8) is 0 Å². The number of hydrogen-bond acceptors (Lipinski definition) is 4. The first-order valence-corrected chi connectivity index (χ1v) is 8.58. The Morgan fingerprint density at radius 2 is 2.12 bits per heavy atom. The third kappa shape index (κ3) is 3.46. The van der Waals surface area contributed by atoms with Gasteiger partial charge in [0, 0.05) is 17.8 Å². The normalized spacial score (nSPS) is 13.2. The highest BCUT2D eigenvalue weighted by Crippen LogP contribution is 2.32. The van der Waals surface area contributed by atoms with Gasteiger partial charge < -0.3 is 15.6 Å². The SMILES string of the molecule is CCCOc1ccc(-c2ccc3c(c2)N(C(N)=O)CCC3)nc1C(=O)O. The predicted molar refractivity (Wildman–Crippen MR) is 97.7 cm³/mol. The molecular formula is C19H21N3O4. The molecule has 136 valence electrons. The summed E-state index contributed by atoms with van der Waals surface area (Å²) in [5, 5.41) is 9.43. The molecule has 2 amide bonds. The number of nitrogens with zero attached hydrogens (tertiary/aromatic N) is 2. The van der Waals surface area contributed by atoms with Gasteiger partial charge in [-0.1, -0.05) is 19.1 Å². The Morgan fingerprint density at radius 1 is 1.31 bits per heavy atom. The molecule has 1 aliphatic heterocycles. The van der Waals surface area contributed by atoms with Crippen molar-refractivity contribution in [1.29, 1.82) is 0 Å². The molecule has 26 heavy (non-hydrogen) atoms. The Morgan fingerprint density at radius 3 is 2.81 bits per heavy atom. The van der Waals surface area contributed by atoms with Gasteiger partial charge in [-0.15, -0.1) is 0 Å². The van der Waals surface area contributed by atoms with Crippen LogP contribution >= 0.6 is 0 Å². The maximum Gasteiger partial charge on any atom is 0.358 e. The van der Waals surface area contributed by atoms with Crippen LogP contribution in [0.1, 0.15) is 35.8 Å². The molecule has 7 heteroatoms. The molecule has 0 spiro atoms. The number of aromatic carboxylic acids is 1. The highest BCUT2D eigenvalue weighted by Gasteiger charge is 2.22. The van der Waals surface area contributed by atoms with Crippen LogP contribution in [-0.4, -0.2) is 35.2 Å². The lowest BCUT2D eigenvalue weighted by atomic mass is 9.98. The van der Waals surface area contributed by atoms with E-state index in [0.29, 0.717) is 18.8 Å². The lowest BCUT2D eigenvalue weighted by Crippen LogP contribution is -2.39. The molecule has 1 aromatic heterocycles. The third-order valence-corrected chi connectivity index (χ3v) is 4.29. The topological polar surface area (TPSA) is 106 Å². The van der Waals surface area contributed by atoms with Crippen molar-refractivity contribution >= 4 is 17.7 Å². The number of carbonyl (C=O) groups is 2. The molecular weight excluding hydrogens is 334 g/mol. The Kier molecular flexibility index (Phi) is 5.06. The number of carboxylic acids is 1. The highest BCUT2D eigenvalue weighted by atomic mass is 16.5. The van der Waals surface area contributed by atoms with Crippen LogP contribution in [0.15, 0.2) is 30.3 Å². The quantitative estimate of drug-likeness (QED) is 0.857. The van der Waals surface area contributed by atoms with Crippen molar-refractivity contribution in [2.24, 2.45) is 5.73 Å². The zero-order chi connectivity index (χ0) is 18.7. The number of hydrogen-bond donors (Lipinski definition) is 2. The molecule has 0 atom stereocenters. The van der Waals surface area contributed by atoms with E-state index in [0.717, 1.165) is 36.1 Å². The van der Waals surface area contributed by atoms with E-state index in [1.54, 1.807) is 17.0 Å². The number of rotatable bonds is 5. The van der Waals surface area contributed by atoms with Gasteiger partial charge in [-0.25, -0.2) is 14.6 Å². The van der Waals surface area contributed by atoms with Gasteiger partial charge in [-0.3, -0.25) is 4.90 Å². The molecule has 0 aliphatic carbocycles. The summed E-state index contributed by atoms with van der Waals surface area (Å²) in [6.07, 6.45) is 2.51. The lowest BCUT2D eigenvalue weighted by Gasteiger charge is -2.28. The minimum Gasteiger partial charge on any atom is -0.491 e. The molecule has 1 aromatic carbocycles. The molecule has 0 unspecified atom stereocenters. The summed E-state index contributed by atoms with van der Waals surface area (Å²) in [4.78, 5) is 29.0. The zero-order valence-corrected chi connectivity index (χ0v) is 14.6. The van der Waals surface area contributed by atoms with Crippen LogP contribution in [0.4, 0.5) is 10.5 Å². The molecule has 0 bridgehead atoms. The molecule has 7 nitrogen and oxygen atoms in total. The van der Waals surface area contributed by atoms with E-state index in [1.165, 1.54) is 0 Å². The molecule has 2 heterocycles. The maximum absolute atomic E-state index is 11.7. The first-order valence-electron chi connectivity index (χ1n) is 8.58. The molecule has 0 saturated carbocycles. The van der Waals surface area contributed by atoms with Crippen molar-refractivity contribution in [2.45, 2.75) is 26.2 Å². The molecule has 3 N–H and O–H groups in total. The van der Waals surface area contributed by atoms with Crippen molar-refractivity contribution < 1.29 is 19.4 Å². The summed E-state index contributed by atoms with van der Waals surface area (Å²) >= 11 is 0. The maximum atomic E-state index is 11.7. The molecule has 1 aliphatic rings. The Hall–Kier alpha value is -3.09. The Bertz CT molecular complexity index is 851. The molecule has 0 radical (unpaired) electrons. The number of ether oxygens (including phenoxy) is 1. The van der Waals surface area contributed by atoms with E-state index in [-0.39, 0.29) is 11.4 Å². The smallest absolute Gasteiger partial charge is 0.358 e. The average Bonchev–Trinajstić information content (AvgIpc) is 2.65. The van der Waals surface area contributed by atoms with Gasteiger partial charge in [0.05, 0.1) is 12.3 Å². The number of amides is 2. The number of benzene rings is 1. The number of anilines is 1. The zero-order valence-electron chi connectivity index (χ0n) is 14.6. The molecule has 3 rings (SSSR count). The molecule has 2 aromatic rings. The minimum absolute atomic E-state index is 0.125. The van der Waals surface area contributed by atoms with Crippen molar-refractivity contribution in [2.75, 3.05) is 18.1 Å². The van der Waals surface area contributed by atoms with Crippen molar-refractivity contribution in [3.05, 3.63) is 41.6 Å². The number of aryl methyl sites for hydroxylation is 1. The van der Waals surface area contributed by atoms with E-state index >= 15 is 0 Å². The van der Waals surface area contributed by atoms with Crippen LogP contribution < -0.4 is 15.4 Å². The Balaban J connectivity index is 2.01. The first kappa shape index (κ1) is 17.7. The predicted octanol–water partition coefficient (Wildman–Crippen LogP) is 3.07. The fourth-order valence-electron chi connectivity index (χ4n) is 3.05. The van der Waals surface area contributed by atoms with E-state index in [2.05, 4.69) is 4.98 Å². The van der Waals surface area contributed by atoms with Gasteiger partial charge in [0.2, 0.25) is 0 Å². The summed E-state index contributed by atoms with van der Waals surface area (Å²) in [6, 6.07) is 8.49. The molecule has 0 saturated heterocycles. The number of fused-ring (bicyclic) bond motifs is 1. The average molecular weight is 355 g/mol. The number of carbonyl (C=O) groups excluding carboxylic acids is 1. The fourth-order valence-corrected chi connectivity index (χ4v) is 3.05. The Labute approximate surface area is 151 Å². The summed E-state index contributed by atoms with van der Waals surface area (Å²) < 4.78 is 5.46. The van der Waals surface area contributed by atoms with Gasteiger partial charge in [-0.05, 0) is 43.0 Å². The second-order valence-electron chi connectivity index (χ2n) is 6.13. The van der Waals surface area contributed by atoms with E-state index in [1.807, 2.05) is 25.1 Å². The van der Waals surface area contributed by atoms with Gasteiger partial charge in [0.15, 0.2) is 11.4 Å². The van der Waals surface area contributed by atoms with Crippen LogP contribution in [0.3, 0.4) is 0 Å². The van der Waals surface area contributed by atoms with E-state index in [9.17, 15) is 14.7 Å². The van der Waals surface area contributed by atoms with Gasteiger partial charge in [0.25, 0.3) is 0 Å².